The van der Waals surface area contributed by atoms with Crippen molar-refractivity contribution in [2.45, 2.75) is 25.7 Å². The number of benzene rings is 1. The fraction of sp³-hybridized carbons (Fsp3) is 0.571. The standard InChI is InChI=1S/C14H21N/c1-4-13-12(10-15(2)3)9-11-7-5-6-8-14(11)13/h5-8,12-13H,4,9-10H2,1-3H3. The van der Waals surface area contributed by atoms with Crippen molar-refractivity contribution in [2.24, 2.45) is 5.92 Å². The van der Waals surface area contributed by atoms with Crippen LogP contribution in [0.4, 0.5) is 0 Å². The zero-order chi connectivity index (χ0) is 10.8. The molecule has 2 rings (SSSR count). The highest BCUT2D eigenvalue weighted by Gasteiger charge is 2.30. The second kappa shape index (κ2) is 4.36. The molecule has 0 saturated carbocycles. The first-order valence-electron chi connectivity index (χ1n) is 5.95. The Morgan fingerprint density at radius 1 is 1.27 bits per heavy atom. The first kappa shape index (κ1) is 10.7. The van der Waals surface area contributed by atoms with Crippen LogP contribution in [0, 0.1) is 5.92 Å². The molecule has 0 radical (unpaired) electrons. The Morgan fingerprint density at radius 3 is 2.67 bits per heavy atom. The summed E-state index contributed by atoms with van der Waals surface area (Å²) in [5.41, 5.74) is 3.18. The van der Waals surface area contributed by atoms with E-state index in [4.69, 9.17) is 0 Å². The molecule has 2 unspecified atom stereocenters. The molecule has 0 saturated heterocycles. The van der Waals surface area contributed by atoms with Crippen LogP contribution < -0.4 is 0 Å². The summed E-state index contributed by atoms with van der Waals surface area (Å²) in [6.07, 6.45) is 2.54. The third-order valence-electron chi connectivity index (χ3n) is 3.55. The fourth-order valence-electron chi connectivity index (χ4n) is 2.97. The van der Waals surface area contributed by atoms with Gasteiger partial charge in [-0.05, 0) is 49.9 Å². The Bertz CT molecular complexity index is 330. The summed E-state index contributed by atoms with van der Waals surface area (Å²) in [6.45, 7) is 3.53. The molecule has 0 N–H and O–H groups in total. The summed E-state index contributed by atoms with van der Waals surface area (Å²) in [7, 11) is 4.35. The maximum absolute atomic E-state index is 2.32. The highest BCUT2D eigenvalue weighted by molar-refractivity contribution is 5.36. The number of rotatable bonds is 3. The van der Waals surface area contributed by atoms with Crippen molar-refractivity contribution >= 4 is 0 Å². The molecular formula is C14H21N. The maximum Gasteiger partial charge on any atom is 0.00126 e. The van der Waals surface area contributed by atoms with Gasteiger partial charge < -0.3 is 4.90 Å². The Kier molecular flexibility index (Phi) is 3.11. The Labute approximate surface area is 93.1 Å². The Hall–Kier alpha value is -0.820. The smallest absolute Gasteiger partial charge is 0.00126 e. The first-order chi connectivity index (χ1) is 7.22. The number of hydrogen-bond acceptors (Lipinski definition) is 1. The lowest BCUT2D eigenvalue weighted by molar-refractivity contribution is 0.298. The topological polar surface area (TPSA) is 3.24 Å². The van der Waals surface area contributed by atoms with E-state index in [0.29, 0.717) is 0 Å². The Morgan fingerprint density at radius 2 is 2.00 bits per heavy atom. The molecule has 2 atom stereocenters. The Balaban J connectivity index is 2.21. The van der Waals surface area contributed by atoms with Crippen LogP contribution in [0.1, 0.15) is 30.4 Å². The summed E-state index contributed by atoms with van der Waals surface area (Å²) in [4.78, 5) is 2.32. The fourth-order valence-corrected chi connectivity index (χ4v) is 2.97. The number of hydrogen-bond donors (Lipinski definition) is 0. The van der Waals surface area contributed by atoms with Gasteiger partial charge in [-0.1, -0.05) is 31.2 Å². The van der Waals surface area contributed by atoms with Crippen LogP contribution in [-0.4, -0.2) is 25.5 Å². The van der Waals surface area contributed by atoms with Crippen LogP contribution in [-0.2, 0) is 6.42 Å². The van der Waals surface area contributed by atoms with E-state index < -0.39 is 0 Å². The molecule has 1 heteroatoms. The molecule has 0 aliphatic heterocycles. The second-order valence-corrected chi connectivity index (χ2v) is 4.94. The third-order valence-corrected chi connectivity index (χ3v) is 3.55. The van der Waals surface area contributed by atoms with Crippen molar-refractivity contribution < 1.29 is 0 Å². The van der Waals surface area contributed by atoms with E-state index in [1.807, 2.05) is 0 Å². The van der Waals surface area contributed by atoms with Crippen LogP contribution in [0.15, 0.2) is 24.3 Å². The van der Waals surface area contributed by atoms with Gasteiger partial charge >= 0.3 is 0 Å². The van der Waals surface area contributed by atoms with E-state index in [-0.39, 0.29) is 0 Å². The normalized spacial score (nSPS) is 24.5. The lowest BCUT2D eigenvalue weighted by Crippen LogP contribution is -2.24. The summed E-state index contributed by atoms with van der Waals surface area (Å²) in [5, 5.41) is 0. The van der Waals surface area contributed by atoms with Crippen molar-refractivity contribution in [3.05, 3.63) is 35.4 Å². The van der Waals surface area contributed by atoms with E-state index >= 15 is 0 Å². The van der Waals surface area contributed by atoms with Crippen molar-refractivity contribution in [1.82, 2.24) is 4.90 Å². The van der Waals surface area contributed by atoms with Crippen LogP contribution in [0.5, 0.6) is 0 Å². The highest BCUT2D eigenvalue weighted by atomic mass is 15.1. The highest BCUT2D eigenvalue weighted by Crippen LogP contribution is 2.39. The lowest BCUT2D eigenvalue weighted by atomic mass is 9.90. The predicted molar refractivity (Wildman–Crippen MR) is 65.2 cm³/mol. The molecular weight excluding hydrogens is 182 g/mol. The van der Waals surface area contributed by atoms with E-state index in [1.165, 1.54) is 19.4 Å². The van der Waals surface area contributed by atoms with Crippen LogP contribution >= 0.6 is 0 Å². The largest absolute Gasteiger partial charge is 0.309 e. The van der Waals surface area contributed by atoms with Gasteiger partial charge in [0.15, 0.2) is 0 Å². The maximum atomic E-state index is 2.32. The summed E-state index contributed by atoms with van der Waals surface area (Å²) < 4.78 is 0. The van der Waals surface area contributed by atoms with Gasteiger partial charge in [0.1, 0.15) is 0 Å². The van der Waals surface area contributed by atoms with Crippen molar-refractivity contribution in [3.63, 3.8) is 0 Å². The van der Waals surface area contributed by atoms with Gasteiger partial charge in [-0.15, -0.1) is 0 Å². The minimum Gasteiger partial charge on any atom is -0.309 e. The average molecular weight is 203 g/mol. The zero-order valence-corrected chi connectivity index (χ0v) is 10.0. The van der Waals surface area contributed by atoms with Crippen molar-refractivity contribution in [1.29, 1.82) is 0 Å². The summed E-state index contributed by atoms with van der Waals surface area (Å²) >= 11 is 0. The van der Waals surface area contributed by atoms with Gasteiger partial charge in [-0.25, -0.2) is 0 Å². The van der Waals surface area contributed by atoms with Gasteiger partial charge in [0.25, 0.3) is 0 Å². The molecule has 82 valence electrons. The number of fused-ring (bicyclic) bond motifs is 1. The SMILES string of the molecule is CCC1c2ccccc2CC1CN(C)C. The molecule has 0 heterocycles. The third kappa shape index (κ3) is 2.07. The molecule has 0 fully saturated rings. The molecule has 0 spiro atoms. The molecule has 1 nitrogen and oxygen atoms in total. The molecule has 0 aromatic heterocycles. The minimum atomic E-state index is 0.781. The van der Waals surface area contributed by atoms with Crippen molar-refractivity contribution in [2.75, 3.05) is 20.6 Å². The molecule has 0 amide bonds. The summed E-state index contributed by atoms with van der Waals surface area (Å²) in [6, 6.07) is 8.97. The first-order valence-corrected chi connectivity index (χ1v) is 5.95. The van der Waals surface area contributed by atoms with E-state index in [9.17, 15) is 0 Å². The van der Waals surface area contributed by atoms with Gasteiger partial charge in [0, 0.05) is 6.54 Å². The summed E-state index contributed by atoms with van der Waals surface area (Å²) in [5.74, 6) is 1.60. The van der Waals surface area contributed by atoms with E-state index in [2.05, 4.69) is 50.2 Å². The van der Waals surface area contributed by atoms with Crippen molar-refractivity contribution in [3.8, 4) is 0 Å². The zero-order valence-electron chi connectivity index (χ0n) is 10.0. The molecule has 1 aliphatic rings. The predicted octanol–water partition coefficient (Wildman–Crippen LogP) is 2.91. The second-order valence-electron chi connectivity index (χ2n) is 4.94. The quantitative estimate of drug-likeness (QED) is 0.730. The molecule has 0 bridgehead atoms. The molecule has 15 heavy (non-hydrogen) atoms. The average Bonchev–Trinajstić information content (AvgIpc) is 2.53. The minimum absolute atomic E-state index is 0.781. The van der Waals surface area contributed by atoms with Gasteiger partial charge in [0.05, 0.1) is 0 Å². The molecule has 1 aromatic carbocycles. The lowest BCUT2D eigenvalue weighted by Gasteiger charge is -2.22. The monoisotopic (exact) mass is 203 g/mol. The van der Waals surface area contributed by atoms with Crippen LogP contribution in [0.2, 0.25) is 0 Å². The molecule has 1 aliphatic carbocycles. The number of nitrogens with zero attached hydrogens (tertiary/aromatic N) is 1. The molecule has 1 aromatic rings. The van der Waals surface area contributed by atoms with Gasteiger partial charge in [0.2, 0.25) is 0 Å². The van der Waals surface area contributed by atoms with Crippen LogP contribution in [0.3, 0.4) is 0 Å². The van der Waals surface area contributed by atoms with Gasteiger partial charge in [-0.2, -0.15) is 0 Å². The van der Waals surface area contributed by atoms with E-state index in [1.54, 1.807) is 11.1 Å². The van der Waals surface area contributed by atoms with E-state index in [0.717, 1.165) is 11.8 Å². The van der Waals surface area contributed by atoms with Gasteiger partial charge in [-0.3, -0.25) is 0 Å². The van der Waals surface area contributed by atoms with Crippen LogP contribution in [0.25, 0.3) is 0 Å².